The zero-order valence-corrected chi connectivity index (χ0v) is 12.9. The van der Waals surface area contributed by atoms with E-state index in [1.807, 2.05) is 23.6 Å². The minimum absolute atomic E-state index is 0.169. The zero-order chi connectivity index (χ0) is 13.0. The van der Waals surface area contributed by atoms with Crippen molar-refractivity contribution < 1.29 is 4.79 Å². The van der Waals surface area contributed by atoms with Crippen molar-refractivity contribution in [3.63, 3.8) is 0 Å². The standard InChI is InChI=1S/C12H11BrN2OS2/c1-2-9-5-8(7-17-9)12(16)15-14-6-10-3-4-11(13)18-10/h3-7H,2H2,1H3,(H,15,16)/b14-6+. The molecule has 1 N–H and O–H groups in total. The fraction of sp³-hybridized carbons (Fsp3) is 0.167. The number of hydrazone groups is 1. The van der Waals surface area contributed by atoms with Gasteiger partial charge in [-0.2, -0.15) is 5.10 Å². The van der Waals surface area contributed by atoms with Gasteiger partial charge in [0, 0.05) is 15.1 Å². The highest BCUT2D eigenvalue weighted by Crippen LogP contribution is 2.20. The Morgan fingerprint density at radius 2 is 2.39 bits per heavy atom. The van der Waals surface area contributed by atoms with Gasteiger partial charge >= 0.3 is 0 Å². The average Bonchev–Trinajstić information content (AvgIpc) is 2.98. The van der Waals surface area contributed by atoms with Crippen molar-refractivity contribution in [2.45, 2.75) is 13.3 Å². The van der Waals surface area contributed by atoms with Crippen LogP contribution in [-0.2, 0) is 6.42 Å². The summed E-state index contributed by atoms with van der Waals surface area (Å²) in [6, 6.07) is 5.78. The molecule has 3 nitrogen and oxygen atoms in total. The van der Waals surface area contributed by atoms with Gasteiger partial charge in [-0.3, -0.25) is 4.79 Å². The first-order chi connectivity index (χ1) is 8.69. The SMILES string of the molecule is CCc1cc(C(=O)N/N=C/c2ccc(Br)s2)cs1. The van der Waals surface area contributed by atoms with Crippen LogP contribution in [0.15, 0.2) is 32.5 Å². The third kappa shape index (κ3) is 3.51. The Bertz CT molecular complexity index is 574. The molecule has 0 saturated heterocycles. The second-order valence-electron chi connectivity index (χ2n) is 3.50. The smallest absolute Gasteiger partial charge is 0.267 e. The number of amides is 1. The fourth-order valence-corrected chi connectivity index (χ4v) is 3.41. The summed E-state index contributed by atoms with van der Waals surface area (Å²) in [4.78, 5) is 13.9. The molecule has 2 aromatic rings. The zero-order valence-electron chi connectivity index (χ0n) is 9.64. The number of nitrogens with zero attached hydrogens (tertiary/aromatic N) is 1. The summed E-state index contributed by atoms with van der Waals surface area (Å²) in [6.07, 6.45) is 2.59. The maximum atomic E-state index is 11.7. The third-order valence-electron chi connectivity index (χ3n) is 2.22. The van der Waals surface area contributed by atoms with Crippen molar-refractivity contribution in [2.75, 3.05) is 0 Å². The lowest BCUT2D eigenvalue weighted by atomic mass is 10.3. The molecule has 0 unspecified atom stereocenters. The number of halogens is 1. The highest BCUT2D eigenvalue weighted by Gasteiger charge is 2.06. The molecule has 0 atom stereocenters. The fourth-order valence-electron chi connectivity index (χ4n) is 1.30. The van der Waals surface area contributed by atoms with E-state index in [4.69, 9.17) is 0 Å². The molecule has 2 rings (SSSR count). The number of rotatable bonds is 4. The van der Waals surface area contributed by atoms with Crippen LogP contribution in [0.5, 0.6) is 0 Å². The number of nitrogens with one attached hydrogen (secondary N) is 1. The number of aryl methyl sites for hydroxylation is 1. The second-order valence-corrected chi connectivity index (χ2v) is 6.99. The van der Waals surface area contributed by atoms with E-state index in [1.165, 1.54) is 4.88 Å². The van der Waals surface area contributed by atoms with E-state index in [1.54, 1.807) is 28.9 Å². The first-order valence-electron chi connectivity index (χ1n) is 5.35. The molecule has 0 saturated carbocycles. The Kier molecular flexibility index (Phi) is 4.68. The van der Waals surface area contributed by atoms with Gasteiger partial charge in [0.05, 0.1) is 15.6 Å². The maximum Gasteiger partial charge on any atom is 0.272 e. The van der Waals surface area contributed by atoms with Crippen LogP contribution in [-0.4, -0.2) is 12.1 Å². The Morgan fingerprint density at radius 1 is 1.56 bits per heavy atom. The van der Waals surface area contributed by atoms with Crippen molar-refractivity contribution in [3.8, 4) is 0 Å². The molecule has 0 aliphatic heterocycles. The molecule has 0 bridgehead atoms. The summed E-state index contributed by atoms with van der Waals surface area (Å²) in [6.45, 7) is 2.07. The van der Waals surface area contributed by atoms with Gasteiger partial charge in [0.2, 0.25) is 0 Å². The second kappa shape index (κ2) is 6.26. The van der Waals surface area contributed by atoms with E-state index in [2.05, 4.69) is 33.4 Å². The number of hydrogen-bond donors (Lipinski definition) is 1. The van der Waals surface area contributed by atoms with Crippen molar-refractivity contribution in [1.82, 2.24) is 5.43 Å². The lowest BCUT2D eigenvalue weighted by Gasteiger charge is -1.94. The van der Waals surface area contributed by atoms with Crippen molar-refractivity contribution >= 4 is 50.7 Å². The molecular weight excluding hydrogens is 332 g/mol. The molecule has 94 valence electrons. The van der Waals surface area contributed by atoms with E-state index in [9.17, 15) is 4.79 Å². The van der Waals surface area contributed by atoms with Gasteiger partial charge in [0.25, 0.3) is 5.91 Å². The van der Waals surface area contributed by atoms with E-state index >= 15 is 0 Å². The topological polar surface area (TPSA) is 41.5 Å². The summed E-state index contributed by atoms with van der Waals surface area (Å²) in [7, 11) is 0. The van der Waals surface area contributed by atoms with Gasteiger partial charge in [-0.15, -0.1) is 22.7 Å². The first kappa shape index (κ1) is 13.5. The van der Waals surface area contributed by atoms with Gasteiger partial charge in [0.1, 0.15) is 0 Å². The van der Waals surface area contributed by atoms with Crippen molar-refractivity contribution in [2.24, 2.45) is 5.10 Å². The molecule has 0 fully saturated rings. The highest BCUT2D eigenvalue weighted by atomic mass is 79.9. The van der Waals surface area contributed by atoms with E-state index in [-0.39, 0.29) is 5.91 Å². The van der Waals surface area contributed by atoms with Gasteiger partial charge in [0.15, 0.2) is 0 Å². The molecule has 1 amide bonds. The minimum Gasteiger partial charge on any atom is -0.267 e. The lowest BCUT2D eigenvalue weighted by Crippen LogP contribution is -2.16. The monoisotopic (exact) mass is 342 g/mol. The van der Waals surface area contributed by atoms with Crippen LogP contribution in [0.3, 0.4) is 0 Å². The van der Waals surface area contributed by atoms with Crippen LogP contribution in [0, 0.1) is 0 Å². The number of thiophene rings is 2. The van der Waals surface area contributed by atoms with E-state index < -0.39 is 0 Å². The number of hydrogen-bond acceptors (Lipinski definition) is 4. The van der Waals surface area contributed by atoms with Gasteiger partial charge in [-0.25, -0.2) is 5.43 Å². The third-order valence-corrected chi connectivity index (χ3v) is 4.86. The Balaban J connectivity index is 1.93. The molecule has 2 heterocycles. The summed E-state index contributed by atoms with van der Waals surface area (Å²) in [5, 5.41) is 5.79. The number of carbonyl (C=O) groups is 1. The largest absolute Gasteiger partial charge is 0.272 e. The van der Waals surface area contributed by atoms with Gasteiger partial charge in [-0.1, -0.05) is 6.92 Å². The van der Waals surface area contributed by atoms with Gasteiger partial charge < -0.3 is 0 Å². The van der Waals surface area contributed by atoms with E-state index in [0.717, 1.165) is 15.1 Å². The lowest BCUT2D eigenvalue weighted by molar-refractivity contribution is 0.0955. The van der Waals surface area contributed by atoms with E-state index in [0.29, 0.717) is 5.56 Å². The van der Waals surface area contributed by atoms with Crippen molar-refractivity contribution in [1.29, 1.82) is 0 Å². The molecule has 0 aliphatic carbocycles. The van der Waals surface area contributed by atoms with Crippen molar-refractivity contribution in [3.05, 3.63) is 42.7 Å². The molecular formula is C12H11BrN2OS2. The quantitative estimate of drug-likeness (QED) is 0.664. The summed E-state index contributed by atoms with van der Waals surface area (Å²) in [5.74, 6) is -0.169. The molecule has 18 heavy (non-hydrogen) atoms. The predicted octanol–water partition coefficient (Wildman–Crippen LogP) is 3.90. The van der Waals surface area contributed by atoms with Crippen LogP contribution in [0.4, 0.5) is 0 Å². The summed E-state index contributed by atoms with van der Waals surface area (Å²) in [5.41, 5.74) is 3.19. The van der Waals surface area contributed by atoms with Gasteiger partial charge in [-0.05, 0) is 40.5 Å². The molecule has 6 heteroatoms. The molecule has 2 aromatic heterocycles. The molecule has 0 aliphatic rings. The Hall–Kier alpha value is -0.980. The van der Waals surface area contributed by atoms with Crippen LogP contribution in [0.2, 0.25) is 0 Å². The summed E-state index contributed by atoms with van der Waals surface area (Å²) >= 11 is 6.53. The summed E-state index contributed by atoms with van der Waals surface area (Å²) < 4.78 is 1.04. The minimum atomic E-state index is -0.169. The maximum absolute atomic E-state index is 11.7. The predicted molar refractivity (Wildman–Crippen MR) is 80.8 cm³/mol. The normalized spacial score (nSPS) is 11.0. The first-order valence-corrected chi connectivity index (χ1v) is 7.84. The van der Waals surface area contributed by atoms with Crippen LogP contribution >= 0.6 is 38.6 Å². The number of carbonyl (C=O) groups excluding carboxylic acids is 1. The Morgan fingerprint density at radius 3 is 3.00 bits per heavy atom. The van der Waals surface area contributed by atoms with Crippen LogP contribution in [0.25, 0.3) is 0 Å². The molecule has 0 radical (unpaired) electrons. The highest BCUT2D eigenvalue weighted by molar-refractivity contribution is 9.11. The van der Waals surface area contributed by atoms with Crippen LogP contribution < -0.4 is 5.43 Å². The average molecular weight is 343 g/mol. The van der Waals surface area contributed by atoms with Crippen LogP contribution in [0.1, 0.15) is 27.0 Å². The molecule has 0 spiro atoms. The Labute approximate surface area is 122 Å². The molecule has 0 aromatic carbocycles.